The molecule has 224 valence electrons. The Labute approximate surface area is 263 Å². The normalized spacial score (nSPS) is 23.0. The molecule has 1 N–H and O–H groups in total. The van der Waals surface area contributed by atoms with Crippen molar-refractivity contribution in [2.24, 2.45) is 0 Å². The van der Waals surface area contributed by atoms with Gasteiger partial charge in [-0.25, -0.2) is 13.8 Å². The van der Waals surface area contributed by atoms with E-state index in [4.69, 9.17) is 4.74 Å². The maximum Gasteiger partial charge on any atom is 0.263 e. The topological polar surface area (TPSA) is 48.8 Å². The number of pyridine rings is 1. The number of halogens is 5. The second kappa shape index (κ2) is 13.0. The van der Waals surface area contributed by atoms with E-state index in [0.29, 0.717) is 12.4 Å². The minimum Gasteiger partial charge on any atom is -0.475 e. The summed E-state index contributed by atoms with van der Waals surface area (Å²) >= 11 is 0. The van der Waals surface area contributed by atoms with Gasteiger partial charge in [0.25, 0.3) is 5.92 Å². The molecule has 0 bridgehead atoms. The number of fused-ring (bicyclic) bond motifs is 6. The molecular weight excluding hydrogens is 603 g/mol. The zero-order valence-corrected chi connectivity index (χ0v) is 25.3. The molecule has 10 heteroatoms. The molecule has 4 atom stereocenters. The van der Waals surface area contributed by atoms with E-state index in [1.807, 2.05) is 84.9 Å². The highest BCUT2D eigenvalue weighted by Gasteiger charge is 2.71. The minimum atomic E-state index is -2.70. The first-order valence-corrected chi connectivity index (χ1v) is 13.7. The van der Waals surface area contributed by atoms with E-state index in [2.05, 4.69) is 14.8 Å². The maximum absolute atomic E-state index is 15.0. The van der Waals surface area contributed by atoms with Crippen molar-refractivity contribution in [2.75, 3.05) is 39.3 Å². The number of aliphatic hydroxyl groups is 1. The predicted molar refractivity (Wildman–Crippen MR) is 168 cm³/mol. The predicted octanol–water partition coefficient (Wildman–Crippen LogP) is 6.48. The van der Waals surface area contributed by atoms with Gasteiger partial charge >= 0.3 is 0 Å². The first-order chi connectivity index (χ1) is 19.0. The molecule has 2 aliphatic carbocycles. The molecule has 3 aliphatic rings. The molecule has 0 amide bonds. The fraction of sp³-hybridized carbons (Fsp3) is 0.344. The van der Waals surface area contributed by atoms with Gasteiger partial charge in [0.2, 0.25) is 5.88 Å². The van der Waals surface area contributed by atoms with Crippen LogP contribution < -0.4 is 4.74 Å². The highest BCUT2D eigenvalue weighted by atomic mass is 35.5. The van der Waals surface area contributed by atoms with Crippen molar-refractivity contribution in [1.82, 2.24) is 14.8 Å². The van der Waals surface area contributed by atoms with Crippen LogP contribution in [0.2, 0.25) is 0 Å². The summed E-state index contributed by atoms with van der Waals surface area (Å²) in [4.78, 5) is 9.18. The largest absolute Gasteiger partial charge is 0.475 e. The molecule has 1 saturated heterocycles. The molecule has 1 saturated carbocycles. The van der Waals surface area contributed by atoms with Crippen molar-refractivity contribution in [3.8, 4) is 5.88 Å². The van der Waals surface area contributed by atoms with Gasteiger partial charge in [0.1, 0.15) is 12.7 Å². The van der Waals surface area contributed by atoms with Gasteiger partial charge in [0.15, 0.2) is 0 Å². The molecule has 0 radical (unpaired) electrons. The molecule has 4 aromatic rings. The second-order valence-corrected chi connectivity index (χ2v) is 10.9. The average molecular weight is 637 g/mol. The molecule has 0 spiro atoms. The van der Waals surface area contributed by atoms with Gasteiger partial charge in [-0.2, -0.15) is 0 Å². The fourth-order valence-corrected chi connectivity index (χ4v) is 6.61. The number of β-amino-alcohol motifs (C(OH)–C–C–N with tert-alkyl or cyclic N) is 1. The zero-order chi connectivity index (χ0) is 26.6. The molecule has 7 rings (SSSR count). The summed E-state index contributed by atoms with van der Waals surface area (Å²) < 4.78 is 35.7. The van der Waals surface area contributed by atoms with Gasteiger partial charge in [0, 0.05) is 44.2 Å². The highest BCUT2D eigenvalue weighted by molar-refractivity contribution is 5.86. The molecule has 42 heavy (non-hydrogen) atoms. The van der Waals surface area contributed by atoms with E-state index in [-0.39, 0.29) is 49.9 Å². The van der Waals surface area contributed by atoms with Gasteiger partial charge in [0.05, 0.1) is 23.4 Å². The first kappa shape index (κ1) is 32.4. The summed E-state index contributed by atoms with van der Waals surface area (Å²) in [6.45, 7) is 3.84. The van der Waals surface area contributed by atoms with Gasteiger partial charge in [-0.1, -0.05) is 66.7 Å². The Hall–Kier alpha value is -2.52. The van der Waals surface area contributed by atoms with Crippen LogP contribution in [-0.4, -0.2) is 71.2 Å². The van der Waals surface area contributed by atoms with Crippen LogP contribution in [0.15, 0.2) is 84.9 Å². The van der Waals surface area contributed by atoms with Gasteiger partial charge in [-0.05, 0) is 34.4 Å². The molecule has 2 fully saturated rings. The molecular formula is C32H34Cl3F2N3O2. The Morgan fingerprint density at radius 1 is 0.762 bits per heavy atom. The van der Waals surface area contributed by atoms with Crippen LogP contribution in [-0.2, 0) is 0 Å². The molecule has 1 aliphatic heterocycles. The van der Waals surface area contributed by atoms with E-state index in [9.17, 15) is 13.9 Å². The standard InChI is InChI=1S/C32H31F2N3O2.3ClH/c33-32(34)29-23-8-2-4-10-25(23)31(26-11-5-3-9-24(26)30(29)32)37-17-15-36(16-18-37)19-22(38)20-39-28-14-13-21-7-1-6-12-27(21)35-28;;;/h1-14,22,29-31,38H,15-20H2;3*1H/t22-,29-,30+,31?;;;/m1.../s1. The van der Waals surface area contributed by atoms with Crippen LogP contribution in [0, 0.1) is 0 Å². The smallest absolute Gasteiger partial charge is 0.263 e. The number of aliphatic hydroxyl groups excluding tert-OH is 1. The van der Waals surface area contributed by atoms with Crippen molar-refractivity contribution in [1.29, 1.82) is 0 Å². The van der Waals surface area contributed by atoms with Crippen molar-refractivity contribution in [3.63, 3.8) is 0 Å². The van der Waals surface area contributed by atoms with Crippen LogP contribution in [0.3, 0.4) is 0 Å². The Morgan fingerprint density at radius 2 is 1.31 bits per heavy atom. The summed E-state index contributed by atoms with van der Waals surface area (Å²) in [5.74, 6) is -3.68. The summed E-state index contributed by atoms with van der Waals surface area (Å²) in [5.41, 5.74) is 4.43. The molecule has 2 heterocycles. The number of nitrogens with zero attached hydrogens (tertiary/aromatic N) is 3. The third-order valence-electron chi connectivity index (χ3n) is 8.54. The number of rotatable bonds is 6. The summed E-state index contributed by atoms with van der Waals surface area (Å²) in [7, 11) is 0. The summed E-state index contributed by atoms with van der Waals surface area (Å²) in [6, 6.07) is 27.2. The van der Waals surface area contributed by atoms with E-state index < -0.39 is 23.9 Å². The number of hydrogen-bond acceptors (Lipinski definition) is 5. The lowest BCUT2D eigenvalue weighted by molar-refractivity contribution is 0.0389. The maximum atomic E-state index is 15.0. The molecule has 3 aromatic carbocycles. The van der Waals surface area contributed by atoms with Crippen LogP contribution in [0.25, 0.3) is 10.9 Å². The minimum absolute atomic E-state index is 0. The fourth-order valence-electron chi connectivity index (χ4n) is 6.61. The molecule has 1 unspecified atom stereocenters. The van der Waals surface area contributed by atoms with Crippen molar-refractivity contribution in [3.05, 3.63) is 107 Å². The Morgan fingerprint density at radius 3 is 1.93 bits per heavy atom. The van der Waals surface area contributed by atoms with Gasteiger partial charge in [-0.15, -0.1) is 37.2 Å². The van der Waals surface area contributed by atoms with Crippen LogP contribution in [0.1, 0.15) is 40.1 Å². The second-order valence-electron chi connectivity index (χ2n) is 10.9. The number of benzene rings is 3. The number of hydrogen-bond donors (Lipinski definition) is 1. The quantitative estimate of drug-likeness (QED) is 0.263. The Bertz CT molecular complexity index is 1460. The number of ether oxygens (including phenoxy) is 1. The van der Waals surface area contributed by atoms with Crippen molar-refractivity contribution >= 4 is 48.1 Å². The van der Waals surface area contributed by atoms with E-state index in [1.54, 1.807) is 0 Å². The summed E-state index contributed by atoms with van der Waals surface area (Å²) in [6.07, 6.45) is -0.640. The van der Waals surface area contributed by atoms with E-state index >= 15 is 0 Å². The van der Waals surface area contributed by atoms with Crippen molar-refractivity contribution in [2.45, 2.75) is 29.9 Å². The zero-order valence-electron chi connectivity index (χ0n) is 22.8. The van der Waals surface area contributed by atoms with Crippen LogP contribution >= 0.6 is 37.2 Å². The Balaban J connectivity index is 0.00000135. The lowest BCUT2D eigenvalue weighted by Gasteiger charge is -2.41. The van der Waals surface area contributed by atoms with E-state index in [0.717, 1.165) is 59.3 Å². The third-order valence-corrected chi connectivity index (χ3v) is 8.54. The number of aromatic nitrogens is 1. The van der Waals surface area contributed by atoms with Crippen LogP contribution in [0.5, 0.6) is 5.88 Å². The SMILES string of the molecule is Cl.Cl.Cl.O[C@@H](COc1ccc2ccccc2n1)CN1CCN(C2c3ccccc3[C@@H]3[C@H](c4ccccc42)C3(F)F)CC1. The average Bonchev–Trinajstić information content (AvgIpc) is 3.58. The number of para-hydroxylation sites is 1. The van der Waals surface area contributed by atoms with Gasteiger partial charge in [-0.3, -0.25) is 9.80 Å². The summed E-state index contributed by atoms with van der Waals surface area (Å²) in [5, 5.41) is 11.7. The lowest BCUT2D eigenvalue weighted by Crippen LogP contribution is -2.50. The van der Waals surface area contributed by atoms with Gasteiger partial charge < -0.3 is 9.84 Å². The van der Waals surface area contributed by atoms with Crippen molar-refractivity contribution < 1.29 is 18.6 Å². The molecule has 1 aromatic heterocycles. The number of piperazine rings is 1. The molecule has 5 nitrogen and oxygen atoms in total. The monoisotopic (exact) mass is 635 g/mol. The van der Waals surface area contributed by atoms with Crippen LogP contribution in [0.4, 0.5) is 8.78 Å². The lowest BCUT2D eigenvalue weighted by atomic mass is 9.90. The first-order valence-electron chi connectivity index (χ1n) is 13.7. The van der Waals surface area contributed by atoms with E-state index in [1.165, 1.54) is 0 Å². The third kappa shape index (κ3) is 5.83. The highest BCUT2D eigenvalue weighted by Crippen LogP contribution is 2.70. The Kier molecular flexibility index (Phi) is 10.0. The number of alkyl halides is 2.